The van der Waals surface area contributed by atoms with Gasteiger partial charge in [0.25, 0.3) is 0 Å². The van der Waals surface area contributed by atoms with Gasteiger partial charge in [-0.2, -0.15) is 4.68 Å². The molecule has 0 unspecified atom stereocenters. The molecular formula is C10H9BrN4O2. The summed E-state index contributed by atoms with van der Waals surface area (Å²) in [7, 11) is 1.31. The van der Waals surface area contributed by atoms with Crippen LogP contribution >= 0.6 is 15.9 Å². The molecule has 17 heavy (non-hydrogen) atoms. The summed E-state index contributed by atoms with van der Waals surface area (Å²) in [6.07, 6.45) is 1.65. The molecule has 2 aromatic rings. The molecule has 0 aromatic carbocycles. The van der Waals surface area contributed by atoms with E-state index in [1.807, 2.05) is 6.07 Å². The number of carbonyl (C=O) groups excluding carboxylic acids is 1. The second kappa shape index (κ2) is 5.05. The second-order valence-corrected chi connectivity index (χ2v) is 3.67. The predicted octanol–water partition coefficient (Wildman–Crippen LogP) is 1.34. The highest BCUT2D eigenvalue weighted by atomic mass is 79.9. The molecule has 2 aromatic heterocycles. The summed E-state index contributed by atoms with van der Waals surface area (Å²) >= 11 is 3.30. The van der Waals surface area contributed by atoms with Gasteiger partial charge in [-0.3, -0.25) is 0 Å². The zero-order chi connectivity index (χ0) is 12.3. The van der Waals surface area contributed by atoms with Crippen LogP contribution in [0.15, 0.2) is 24.4 Å². The molecule has 0 aliphatic carbocycles. The lowest BCUT2D eigenvalue weighted by Crippen LogP contribution is -2.07. The molecule has 0 saturated carbocycles. The van der Waals surface area contributed by atoms with E-state index in [9.17, 15) is 4.79 Å². The lowest BCUT2D eigenvalue weighted by molar-refractivity contribution is 0.0593. The minimum absolute atomic E-state index is 0.190. The fourth-order valence-corrected chi connectivity index (χ4v) is 1.84. The number of esters is 1. The Labute approximate surface area is 106 Å². The molecule has 88 valence electrons. The lowest BCUT2D eigenvalue weighted by atomic mass is 10.3. The average Bonchev–Trinajstić information content (AvgIpc) is 2.82. The summed E-state index contributed by atoms with van der Waals surface area (Å²) in [5.74, 6) is 0.0891. The van der Waals surface area contributed by atoms with Crippen LogP contribution < -0.4 is 0 Å². The smallest absolute Gasteiger partial charge is 0.360 e. The van der Waals surface area contributed by atoms with Gasteiger partial charge in [-0.15, -0.1) is 5.10 Å². The van der Waals surface area contributed by atoms with Crippen LogP contribution in [0.25, 0.3) is 5.82 Å². The predicted molar refractivity (Wildman–Crippen MR) is 63.1 cm³/mol. The van der Waals surface area contributed by atoms with Crippen molar-refractivity contribution in [2.45, 2.75) is 5.33 Å². The van der Waals surface area contributed by atoms with Crippen molar-refractivity contribution in [3.63, 3.8) is 0 Å². The molecule has 0 amide bonds. The maximum atomic E-state index is 11.5. The van der Waals surface area contributed by atoms with Gasteiger partial charge in [0.05, 0.1) is 12.8 Å². The largest absolute Gasteiger partial charge is 0.464 e. The number of nitrogens with zero attached hydrogens (tertiary/aromatic N) is 4. The number of hydrogen-bond donors (Lipinski definition) is 0. The third kappa shape index (κ3) is 2.19. The highest BCUT2D eigenvalue weighted by Crippen LogP contribution is 2.14. The number of hydrogen-bond acceptors (Lipinski definition) is 5. The van der Waals surface area contributed by atoms with E-state index in [1.165, 1.54) is 11.8 Å². The Kier molecular flexibility index (Phi) is 3.48. The maximum absolute atomic E-state index is 11.5. The average molecular weight is 297 g/mol. The third-order valence-electron chi connectivity index (χ3n) is 2.13. The van der Waals surface area contributed by atoms with Gasteiger partial charge in [0.1, 0.15) is 0 Å². The molecule has 6 nitrogen and oxygen atoms in total. The summed E-state index contributed by atoms with van der Waals surface area (Å²) in [5, 5.41) is 8.13. The lowest BCUT2D eigenvalue weighted by Gasteiger charge is -2.03. The molecule has 0 N–H and O–H groups in total. The fraction of sp³-hybridized carbons (Fsp3) is 0.200. The Hall–Kier alpha value is -1.76. The van der Waals surface area contributed by atoms with Crippen molar-refractivity contribution in [1.29, 1.82) is 0 Å². The van der Waals surface area contributed by atoms with Crippen molar-refractivity contribution in [3.05, 3.63) is 35.8 Å². The van der Waals surface area contributed by atoms with E-state index in [1.54, 1.807) is 18.3 Å². The van der Waals surface area contributed by atoms with Gasteiger partial charge in [-0.1, -0.05) is 27.2 Å². The zero-order valence-corrected chi connectivity index (χ0v) is 10.6. The topological polar surface area (TPSA) is 69.9 Å². The first-order valence-electron chi connectivity index (χ1n) is 4.78. The van der Waals surface area contributed by atoms with E-state index in [4.69, 9.17) is 0 Å². The SMILES string of the molecule is COC(=O)c1nnn(-c2ccccn2)c1CBr. The summed E-state index contributed by atoms with van der Waals surface area (Å²) in [6, 6.07) is 5.41. The molecule has 0 aliphatic heterocycles. The molecule has 0 spiro atoms. The Morgan fingerprint density at radius 3 is 2.94 bits per heavy atom. The van der Waals surface area contributed by atoms with Crippen LogP contribution in [0, 0.1) is 0 Å². The molecule has 0 atom stereocenters. The summed E-state index contributed by atoms with van der Waals surface area (Å²) in [4.78, 5) is 15.6. The summed E-state index contributed by atoms with van der Waals surface area (Å²) in [6.45, 7) is 0. The quantitative estimate of drug-likeness (QED) is 0.631. The van der Waals surface area contributed by atoms with Crippen LogP contribution in [0.3, 0.4) is 0 Å². The third-order valence-corrected chi connectivity index (χ3v) is 2.67. The first-order chi connectivity index (χ1) is 8.27. The first kappa shape index (κ1) is 11.7. The molecular weight excluding hydrogens is 288 g/mol. The molecule has 0 aliphatic rings. The van der Waals surface area contributed by atoms with E-state index in [-0.39, 0.29) is 5.69 Å². The number of pyridine rings is 1. The molecule has 2 heterocycles. The number of aromatic nitrogens is 4. The number of alkyl halides is 1. The number of carbonyl (C=O) groups is 1. The van der Waals surface area contributed by atoms with E-state index >= 15 is 0 Å². The van der Waals surface area contributed by atoms with Gasteiger partial charge >= 0.3 is 5.97 Å². The zero-order valence-electron chi connectivity index (χ0n) is 9.00. The van der Waals surface area contributed by atoms with Crippen molar-refractivity contribution >= 4 is 21.9 Å². The summed E-state index contributed by atoms with van der Waals surface area (Å²) < 4.78 is 6.13. The Bertz CT molecular complexity index is 526. The maximum Gasteiger partial charge on any atom is 0.360 e. The number of methoxy groups -OCH3 is 1. The van der Waals surface area contributed by atoms with Crippen molar-refractivity contribution < 1.29 is 9.53 Å². The van der Waals surface area contributed by atoms with Crippen molar-refractivity contribution in [2.75, 3.05) is 7.11 Å². The van der Waals surface area contributed by atoms with Gasteiger partial charge in [-0.05, 0) is 12.1 Å². The number of ether oxygens (including phenoxy) is 1. The summed E-state index contributed by atoms with van der Waals surface area (Å²) in [5.41, 5.74) is 0.797. The molecule has 7 heteroatoms. The van der Waals surface area contributed by atoms with Crippen molar-refractivity contribution in [3.8, 4) is 5.82 Å². The van der Waals surface area contributed by atoms with E-state index in [2.05, 4.69) is 36.0 Å². The van der Waals surface area contributed by atoms with Crippen molar-refractivity contribution in [1.82, 2.24) is 20.0 Å². The van der Waals surface area contributed by atoms with Crippen molar-refractivity contribution in [2.24, 2.45) is 0 Å². The fourth-order valence-electron chi connectivity index (χ4n) is 1.34. The van der Waals surface area contributed by atoms with Gasteiger partial charge in [-0.25, -0.2) is 9.78 Å². The van der Waals surface area contributed by atoms with E-state index in [0.717, 1.165) is 0 Å². The van der Waals surface area contributed by atoms with Crippen LogP contribution in [0.4, 0.5) is 0 Å². The van der Waals surface area contributed by atoms with Gasteiger partial charge in [0.15, 0.2) is 11.5 Å². The monoisotopic (exact) mass is 296 g/mol. The Morgan fingerprint density at radius 2 is 2.35 bits per heavy atom. The Morgan fingerprint density at radius 1 is 1.53 bits per heavy atom. The van der Waals surface area contributed by atoms with Gasteiger partial charge in [0.2, 0.25) is 0 Å². The number of rotatable bonds is 3. The van der Waals surface area contributed by atoms with Crippen LogP contribution in [-0.2, 0) is 10.1 Å². The highest BCUT2D eigenvalue weighted by molar-refractivity contribution is 9.08. The van der Waals surface area contributed by atoms with Crippen LogP contribution in [0.5, 0.6) is 0 Å². The molecule has 0 fully saturated rings. The Balaban J connectivity index is 2.50. The normalized spacial score (nSPS) is 10.2. The molecule has 0 bridgehead atoms. The highest BCUT2D eigenvalue weighted by Gasteiger charge is 2.20. The van der Waals surface area contributed by atoms with Crippen LogP contribution in [0.2, 0.25) is 0 Å². The molecule has 0 saturated heterocycles. The second-order valence-electron chi connectivity index (χ2n) is 3.11. The number of halogens is 1. The van der Waals surface area contributed by atoms with E-state index < -0.39 is 5.97 Å². The van der Waals surface area contributed by atoms with E-state index in [0.29, 0.717) is 16.8 Å². The van der Waals surface area contributed by atoms with Gasteiger partial charge in [0, 0.05) is 11.5 Å². The van der Waals surface area contributed by atoms with Crippen LogP contribution in [-0.4, -0.2) is 33.1 Å². The minimum atomic E-state index is -0.512. The molecule has 2 rings (SSSR count). The molecule has 0 radical (unpaired) electrons. The minimum Gasteiger partial charge on any atom is -0.464 e. The van der Waals surface area contributed by atoms with Crippen LogP contribution in [0.1, 0.15) is 16.2 Å². The van der Waals surface area contributed by atoms with Gasteiger partial charge < -0.3 is 4.74 Å². The first-order valence-corrected chi connectivity index (χ1v) is 5.90. The standard InChI is InChI=1S/C10H9BrN4O2/c1-17-10(16)9-7(6-11)15(14-13-9)8-4-2-3-5-12-8/h2-5H,6H2,1H3.